The van der Waals surface area contributed by atoms with Gasteiger partial charge in [0.2, 0.25) is 0 Å². The Morgan fingerprint density at radius 1 is 1.26 bits per heavy atom. The second kappa shape index (κ2) is 5.27. The molecule has 0 amide bonds. The van der Waals surface area contributed by atoms with Crippen molar-refractivity contribution in [1.29, 1.82) is 0 Å². The van der Waals surface area contributed by atoms with Crippen molar-refractivity contribution in [2.45, 2.75) is 50.9 Å². The van der Waals surface area contributed by atoms with Crippen LogP contribution in [-0.2, 0) is 10.2 Å². The molecular formula is C15H18F2O2. The van der Waals surface area contributed by atoms with Gasteiger partial charge in [0.05, 0.1) is 5.41 Å². The van der Waals surface area contributed by atoms with Crippen LogP contribution in [-0.4, -0.2) is 11.1 Å². The van der Waals surface area contributed by atoms with Gasteiger partial charge in [0.15, 0.2) is 0 Å². The van der Waals surface area contributed by atoms with E-state index < -0.39 is 17.8 Å². The van der Waals surface area contributed by atoms with Gasteiger partial charge in [0.25, 0.3) is 6.43 Å². The van der Waals surface area contributed by atoms with Crippen LogP contribution in [0.25, 0.3) is 0 Å². The first-order chi connectivity index (χ1) is 8.97. The molecule has 1 fully saturated rings. The summed E-state index contributed by atoms with van der Waals surface area (Å²) in [5, 5.41) is 9.61. The molecule has 1 aromatic rings. The third-order valence-corrected chi connectivity index (χ3v) is 4.15. The molecule has 0 aliphatic heterocycles. The van der Waals surface area contributed by atoms with Gasteiger partial charge < -0.3 is 5.11 Å². The van der Waals surface area contributed by atoms with E-state index in [9.17, 15) is 18.7 Å². The summed E-state index contributed by atoms with van der Waals surface area (Å²) in [7, 11) is 0. The van der Waals surface area contributed by atoms with E-state index in [0.29, 0.717) is 18.4 Å². The molecule has 1 aliphatic rings. The standard InChI is InChI=1S/C15H18F2O2/c1-10-5-6-11(13(16)17)9-12(10)15(14(18)19)7-3-2-4-8-15/h5-6,9,13H,2-4,7-8H2,1H3,(H,18,19). The van der Waals surface area contributed by atoms with Crippen molar-refractivity contribution >= 4 is 5.97 Å². The first-order valence-corrected chi connectivity index (χ1v) is 6.60. The number of carboxylic acid groups (broad SMARTS) is 1. The normalized spacial score (nSPS) is 18.5. The molecule has 19 heavy (non-hydrogen) atoms. The Bertz CT molecular complexity index is 477. The zero-order valence-electron chi connectivity index (χ0n) is 11.0. The van der Waals surface area contributed by atoms with E-state index in [0.717, 1.165) is 24.8 Å². The van der Waals surface area contributed by atoms with Gasteiger partial charge in [-0.1, -0.05) is 31.4 Å². The van der Waals surface area contributed by atoms with E-state index in [2.05, 4.69) is 0 Å². The minimum atomic E-state index is -2.56. The average molecular weight is 268 g/mol. The molecule has 1 saturated carbocycles. The van der Waals surface area contributed by atoms with Crippen LogP contribution in [0.3, 0.4) is 0 Å². The largest absolute Gasteiger partial charge is 0.481 e. The van der Waals surface area contributed by atoms with Gasteiger partial charge in [-0.25, -0.2) is 8.78 Å². The molecule has 0 saturated heterocycles. The lowest BCUT2D eigenvalue weighted by atomic mass is 9.68. The van der Waals surface area contributed by atoms with Crippen molar-refractivity contribution in [2.75, 3.05) is 0 Å². The van der Waals surface area contributed by atoms with Crippen LogP contribution in [0.5, 0.6) is 0 Å². The molecule has 2 nitrogen and oxygen atoms in total. The number of aryl methyl sites for hydroxylation is 1. The maximum Gasteiger partial charge on any atom is 0.314 e. The molecule has 4 heteroatoms. The van der Waals surface area contributed by atoms with Crippen LogP contribution in [0.2, 0.25) is 0 Å². The molecule has 0 spiro atoms. The molecule has 0 atom stereocenters. The van der Waals surface area contributed by atoms with Crippen LogP contribution < -0.4 is 0 Å². The minimum Gasteiger partial charge on any atom is -0.481 e. The molecular weight excluding hydrogens is 250 g/mol. The maximum absolute atomic E-state index is 12.8. The maximum atomic E-state index is 12.8. The number of alkyl halides is 2. The number of rotatable bonds is 3. The number of benzene rings is 1. The van der Waals surface area contributed by atoms with Crippen molar-refractivity contribution in [1.82, 2.24) is 0 Å². The first kappa shape index (κ1) is 14.0. The Hall–Kier alpha value is -1.45. The number of carbonyl (C=O) groups is 1. The molecule has 0 heterocycles. The van der Waals surface area contributed by atoms with Crippen molar-refractivity contribution in [3.63, 3.8) is 0 Å². The summed E-state index contributed by atoms with van der Waals surface area (Å²) < 4.78 is 25.6. The third-order valence-electron chi connectivity index (χ3n) is 4.15. The number of halogens is 2. The zero-order valence-corrected chi connectivity index (χ0v) is 11.0. The SMILES string of the molecule is Cc1ccc(C(F)F)cc1C1(C(=O)O)CCCCC1. The molecule has 2 rings (SSSR count). The van der Waals surface area contributed by atoms with Crippen LogP contribution >= 0.6 is 0 Å². The highest BCUT2D eigenvalue weighted by atomic mass is 19.3. The van der Waals surface area contributed by atoms with Crippen LogP contribution in [0.1, 0.15) is 55.2 Å². The van der Waals surface area contributed by atoms with Gasteiger partial charge in [-0.3, -0.25) is 4.79 Å². The number of hydrogen-bond donors (Lipinski definition) is 1. The molecule has 104 valence electrons. The Morgan fingerprint density at radius 3 is 2.42 bits per heavy atom. The average Bonchev–Trinajstić information content (AvgIpc) is 2.39. The molecule has 1 aliphatic carbocycles. The summed E-state index contributed by atoms with van der Waals surface area (Å²) in [5.74, 6) is -0.887. The highest BCUT2D eigenvalue weighted by molar-refractivity contribution is 5.82. The lowest BCUT2D eigenvalue weighted by molar-refractivity contribution is -0.145. The summed E-state index contributed by atoms with van der Waals surface area (Å²) >= 11 is 0. The second-order valence-corrected chi connectivity index (χ2v) is 5.32. The highest BCUT2D eigenvalue weighted by Gasteiger charge is 2.42. The van der Waals surface area contributed by atoms with E-state index in [1.54, 1.807) is 13.0 Å². The van der Waals surface area contributed by atoms with E-state index in [4.69, 9.17) is 0 Å². The topological polar surface area (TPSA) is 37.3 Å². The summed E-state index contributed by atoms with van der Waals surface area (Å²) in [5.41, 5.74) is 0.283. The van der Waals surface area contributed by atoms with E-state index in [1.165, 1.54) is 12.1 Å². The summed E-state index contributed by atoms with van der Waals surface area (Å²) in [6.45, 7) is 1.80. The fourth-order valence-electron chi connectivity index (χ4n) is 3.04. The quantitative estimate of drug-likeness (QED) is 0.891. The van der Waals surface area contributed by atoms with Crippen molar-refractivity contribution in [3.8, 4) is 0 Å². The zero-order chi connectivity index (χ0) is 14.0. The lowest BCUT2D eigenvalue weighted by Crippen LogP contribution is -2.38. The Balaban J connectivity index is 2.52. The summed E-state index contributed by atoms with van der Waals surface area (Å²) in [6, 6.07) is 4.37. The van der Waals surface area contributed by atoms with Crippen molar-refractivity contribution in [2.24, 2.45) is 0 Å². The van der Waals surface area contributed by atoms with Gasteiger partial charge >= 0.3 is 5.97 Å². The Labute approximate surface area is 111 Å². The Morgan fingerprint density at radius 2 is 1.89 bits per heavy atom. The fourth-order valence-corrected chi connectivity index (χ4v) is 3.04. The van der Waals surface area contributed by atoms with Gasteiger partial charge in [0, 0.05) is 5.56 Å². The third kappa shape index (κ3) is 2.48. The predicted molar refractivity (Wildman–Crippen MR) is 68.5 cm³/mol. The highest BCUT2D eigenvalue weighted by Crippen LogP contribution is 2.42. The molecule has 1 aromatic carbocycles. The predicted octanol–water partition coefficient (Wildman–Crippen LogP) is 4.22. The summed E-state index contributed by atoms with van der Waals surface area (Å²) in [6.07, 6.45) is 1.21. The van der Waals surface area contributed by atoms with E-state index in [-0.39, 0.29) is 5.56 Å². The first-order valence-electron chi connectivity index (χ1n) is 6.60. The summed E-state index contributed by atoms with van der Waals surface area (Å²) in [4.78, 5) is 11.7. The van der Waals surface area contributed by atoms with Gasteiger partial charge in [-0.05, 0) is 37.0 Å². The smallest absolute Gasteiger partial charge is 0.314 e. The molecule has 0 unspecified atom stereocenters. The lowest BCUT2D eigenvalue weighted by Gasteiger charge is -2.35. The number of hydrogen-bond acceptors (Lipinski definition) is 1. The van der Waals surface area contributed by atoms with Crippen LogP contribution in [0.4, 0.5) is 8.78 Å². The second-order valence-electron chi connectivity index (χ2n) is 5.32. The fraction of sp³-hybridized carbons (Fsp3) is 0.533. The van der Waals surface area contributed by atoms with Crippen molar-refractivity contribution < 1.29 is 18.7 Å². The monoisotopic (exact) mass is 268 g/mol. The van der Waals surface area contributed by atoms with Gasteiger partial charge in [-0.15, -0.1) is 0 Å². The van der Waals surface area contributed by atoms with Crippen LogP contribution in [0, 0.1) is 6.92 Å². The minimum absolute atomic E-state index is 0.0909. The number of carboxylic acids is 1. The molecule has 0 bridgehead atoms. The molecule has 0 aromatic heterocycles. The molecule has 1 N–H and O–H groups in total. The van der Waals surface area contributed by atoms with Crippen LogP contribution in [0.15, 0.2) is 18.2 Å². The van der Waals surface area contributed by atoms with Gasteiger partial charge in [-0.2, -0.15) is 0 Å². The number of aliphatic carboxylic acids is 1. The molecule has 0 radical (unpaired) electrons. The van der Waals surface area contributed by atoms with E-state index in [1.807, 2.05) is 0 Å². The van der Waals surface area contributed by atoms with Crippen molar-refractivity contribution in [3.05, 3.63) is 34.9 Å². The van der Waals surface area contributed by atoms with Gasteiger partial charge in [0.1, 0.15) is 0 Å². The van der Waals surface area contributed by atoms with E-state index >= 15 is 0 Å². The Kier molecular flexibility index (Phi) is 3.88.